The first-order valence-electron chi connectivity index (χ1n) is 5.47. The Morgan fingerprint density at radius 3 is 2.94 bits per heavy atom. The summed E-state index contributed by atoms with van der Waals surface area (Å²) in [5.74, 6) is 0.391. The van der Waals surface area contributed by atoms with Crippen LogP contribution in [0, 0.1) is 13.8 Å². The summed E-state index contributed by atoms with van der Waals surface area (Å²) in [7, 11) is 0. The van der Waals surface area contributed by atoms with Gasteiger partial charge in [-0.25, -0.2) is 0 Å². The summed E-state index contributed by atoms with van der Waals surface area (Å²) in [5, 5.41) is 13.7. The van der Waals surface area contributed by atoms with E-state index >= 15 is 0 Å². The summed E-state index contributed by atoms with van der Waals surface area (Å²) in [6, 6.07) is 0. The Balaban J connectivity index is 2.30. The summed E-state index contributed by atoms with van der Waals surface area (Å²) in [5.41, 5.74) is 2.74. The molecule has 1 saturated heterocycles. The zero-order chi connectivity index (χ0) is 11.7. The van der Waals surface area contributed by atoms with E-state index in [0.717, 1.165) is 23.4 Å². The van der Waals surface area contributed by atoms with Crippen LogP contribution in [0.25, 0.3) is 0 Å². The summed E-state index contributed by atoms with van der Waals surface area (Å²) in [6.07, 6.45) is 2.44. The fraction of sp³-hybridized carbons (Fsp3) is 0.636. The van der Waals surface area contributed by atoms with Gasteiger partial charge in [0.05, 0.1) is 17.5 Å². The zero-order valence-corrected chi connectivity index (χ0v) is 10.4. The van der Waals surface area contributed by atoms with Crippen LogP contribution >= 0.6 is 11.8 Å². The highest BCUT2D eigenvalue weighted by Crippen LogP contribution is 2.36. The van der Waals surface area contributed by atoms with Gasteiger partial charge in [0, 0.05) is 11.3 Å². The Kier molecular flexibility index (Phi) is 3.23. The molecular formula is C11H16N2O2S. The summed E-state index contributed by atoms with van der Waals surface area (Å²) < 4.78 is 2.01. The molecule has 1 aromatic heterocycles. The molecule has 1 N–H and O–H groups in total. The highest BCUT2D eigenvalue weighted by atomic mass is 32.2. The van der Waals surface area contributed by atoms with E-state index in [0.29, 0.717) is 5.37 Å². The second-order valence-corrected chi connectivity index (χ2v) is 5.42. The monoisotopic (exact) mass is 240 g/mol. The largest absolute Gasteiger partial charge is 0.481 e. The smallest absolute Gasteiger partial charge is 0.307 e. The molecule has 4 nitrogen and oxygen atoms in total. The normalized spacial score (nSPS) is 20.2. The van der Waals surface area contributed by atoms with Gasteiger partial charge in [0.1, 0.15) is 0 Å². The molecule has 88 valence electrons. The number of nitrogens with zero attached hydrogens (tertiary/aromatic N) is 2. The molecule has 16 heavy (non-hydrogen) atoms. The van der Waals surface area contributed by atoms with Crippen molar-refractivity contribution in [2.45, 2.75) is 38.5 Å². The van der Waals surface area contributed by atoms with Crippen molar-refractivity contribution < 1.29 is 9.90 Å². The first kappa shape index (κ1) is 11.5. The number of rotatable bonds is 3. The third-order valence-electron chi connectivity index (χ3n) is 2.98. The lowest BCUT2D eigenvalue weighted by atomic mass is 10.1. The zero-order valence-electron chi connectivity index (χ0n) is 9.56. The van der Waals surface area contributed by atoms with Crippen molar-refractivity contribution in [1.82, 2.24) is 9.78 Å². The van der Waals surface area contributed by atoms with Gasteiger partial charge in [-0.3, -0.25) is 9.48 Å². The Hall–Kier alpha value is -0.970. The number of carboxylic acid groups (broad SMARTS) is 1. The highest BCUT2D eigenvalue weighted by Gasteiger charge is 2.23. The quantitative estimate of drug-likeness (QED) is 0.879. The molecule has 1 fully saturated rings. The van der Waals surface area contributed by atoms with Crippen molar-refractivity contribution in [2.75, 3.05) is 5.75 Å². The molecule has 0 radical (unpaired) electrons. The van der Waals surface area contributed by atoms with E-state index in [2.05, 4.69) is 5.10 Å². The van der Waals surface area contributed by atoms with Gasteiger partial charge in [0.25, 0.3) is 0 Å². The number of carboxylic acids is 1. The Labute approximate surface area is 99.0 Å². The van der Waals surface area contributed by atoms with Crippen LogP contribution in [0.5, 0.6) is 0 Å². The fourth-order valence-corrected chi connectivity index (χ4v) is 3.42. The number of hydrogen-bond donors (Lipinski definition) is 1. The first-order chi connectivity index (χ1) is 7.59. The standard InChI is InChI=1S/C11H16N2O2S/c1-7-9(6-11(14)15)8(2)13(12-7)10-4-3-5-16-10/h10H,3-6H2,1-2H3,(H,14,15). The third-order valence-corrected chi connectivity index (χ3v) is 4.33. The number of aliphatic carboxylic acids is 1. The van der Waals surface area contributed by atoms with Crippen LogP contribution in [0.2, 0.25) is 0 Å². The third kappa shape index (κ3) is 2.09. The number of hydrogen-bond acceptors (Lipinski definition) is 3. The number of thioether (sulfide) groups is 1. The number of carbonyl (C=O) groups is 1. The minimum absolute atomic E-state index is 0.0784. The van der Waals surface area contributed by atoms with E-state index in [9.17, 15) is 4.79 Å². The van der Waals surface area contributed by atoms with Gasteiger partial charge < -0.3 is 5.11 Å². The molecule has 0 aromatic carbocycles. The molecule has 1 unspecified atom stereocenters. The van der Waals surface area contributed by atoms with Gasteiger partial charge in [0.2, 0.25) is 0 Å². The number of aromatic nitrogens is 2. The molecule has 2 rings (SSSR count). The molecule has 0 bridgehead atoms. The first-order valence-corrected chi connectivity index (χ1v) is 6.52. The highest BCUT2D eigenvalue weighted by molar-refractivity contribution is 7.99. The van der Waals surface area contributed by atoms with Gasteiger partial charge >= 0.3 is 5.97 Å². The second kappa shape index (κ2) is 4.49. The van der Waals surface area contributed by atoms with Crippen LogP contribution in [-0.4, -0.2) is 26.6 Å². The van der Waals surface area contributed by atoms with Crippen LogP contribution in [0.15, 0.2) is 0 Å². The van der Waals surface area contributed by atoms with E-state index in [1.807, 2.05) is 30.3 Å². The van der Waals surface area contributed by atoms with Crippen molar-refractivity contribution in [3.63, 3.8) is 0 Å². The van der Waals surface area contributed by atoms with Gasteiger partial charge in [-0.15, -0.1) is 11.8 Å². The molecule has 0 saturated carbocycles. The van der Waals surface area contributed by atoms with Gasteiger partial charge in [-0.2, -0.15) is 5.10 Å². The molecule has 2 heterocycles. The van der Waals surface area contributed by atoms with E-state index in [1.54, 1.807) is 0 Å². The average Bonchev–Trinajstić information content (AvgIpc) is 2.80. The van der Waals surface area contributed by atoms with E-state index < -0.39 is 5.97 Å². The lowest BCUT2D eigenvalue weighted by molar-refractivity contribution is -0.136. The molecular weight excluding hydrogens is 224 g/mol. The topological polar surface area (TPSA) is 55.1 Å². The Morgan fingerprint density at radius 1 is 1.62 bits per heavy atom. The van der Waals surface area contributed by atoms with Gasteiger partial charge in [-0.1, -0.05) is 0 Å². The van der Waals surface area contributed by atoms with Crippen LogP contribution in [-0.2, 0) is 11.2 Å². The molecule has 5 heteroatoms. The van der Waals surface area contributed by atoms with Crippen LogP contribution in [0.1, 0.15) is 35.2 Å². The maximum Gasteiger partial charge on any atom is 0.307 e. The van der Waals surface area contributed by atoms with E-state index in [4.69, 9.17) is 5.11 Å². The molecule has 1 aliphatic rings. The SMILES string of the molecule is Cc1nn(C2CCCS2)c(C)c1CC(=O)O. The van der Waals surface area contributed by atoms with E-state index in [-0.39, 0.29) is 6.42 Å². The van der Waals surface area contributed by atoms with Crippen molar-refractivity contribution in [3.05, 3.63) is 17.0 Å². The minimum atomic E-state index is -0.787. The maximum absolute atomic E-state index is 10.8. The van der Waals surface area contributed by atoms with Crippen LogP contribution < -0.4 is 0 Å². The van der Waals surface area contributed by atoms with Gasteiger partial charge in [-0.05, 0) is 32.4 Å². The Morgan fingerprint density at radius 2 is 2.38 bits per heavy atom. The summed E-state index contributed by atoms with van der Waals surface area (Å²) >= 11 is 1.90. The van der Waals surface area contributed by atoms with Crippen molar-refractivity contribution in [3.8, 4) is 0 Å². The van der Waals surface area contributed by atoms with Crippen molar-refractivity contribution in [1.29, 1.82) is 0 Å². The second-order valence-electron chi connectivity index (χ2n) is 4.13. The van der Waals surface area contributed by atoms with Crippen molar-refractivity contribution in [2.24, 2.45) is 0 Å². The summed E-state index contributed by atoms with van der Waals surface area (Å²) in [6.45, 7) is 3.86. The Bertz CT molecular complexity index is 408. The predicted octanol–water partition coefficient (Wildman–Crippen LogP) is 2.15. The van der Waals surface area contributed by atoms with Crippen LogP contribution in [0.4, 0.5) is 0 Å². The molecule has 1 aliphatic heterocycles. The lowest BCUT2D eigenvalue weighted by Crippen LogP contribution is -2.07. The van der Waals surface area contributed by atoms with E-state index in [1.165, 1.54) is 12.2 Å². The molecule has 0 spiro atoms. The number of aryl methyl sites for hydroxylation is 1. The maximum atomic E-state index is 10.8. The fourth-order valence-electron chi connectivity index (χ4n) is 2.14. The minimum Gasteiger partial charge on any atom is -0.481 e. The molecule has 1 atom stereocenters. The molecule has 0 amide bonds. The summed E-state index contributed by atoms with van der Waals surface area (Å²) in [4.78, 5) is 10.8. The lowest BCUT2D eigenvalue weighted by Gasteiger charge is -2.11. The van der Waals surface area contributed by atoms with Crippen LogP contribution in [0.3, 0.4) is 0 Å². The average molecular weight is 240 g/mol. The van der Waals surface area contributed by atoms with Gasteiger partial charge in [0.15, 0.2) is 0 Å². The molecule has 1 aromatic rings. The predicted molar refractivity (Wildman–Crippen MR) is 63.8 cm³/mol. The van der Waals surface area contributed by atoms with Crippen molar-refractivity contribution >= 4 is 17.7 Å². The molecule has 0 aliphatic carbocycles.